The summed E-state index contributed by atoms with van der Waals surface area (Å²) in [5, 5.41) is 3.35. The van der Waals surface area contributed by atoms with Crippen molar-refractivity contribution in [2.24, 2.45) is 0 Å². The summed E-state index contributed by atoms with van der Waals surface area (Å²) in [6, 6.07) is 2.09. The molecule has 0 saturated carbocycles. The van der Waals surface area contributed by atoms with Crippen molar-refractivity contribution in [3.05, 3.63) is 17.6 Å². The lowest BCUT2D eigenvalue weighted by Gasteiger charge is -2.28. The highest BCUT2D eigenvalue weighted by molar-refractivity contribution is 5.85. The minimum Gasteiger partial charge on any atom is -0.354 e. The van der Waals surface area contributed by atoms with E-state index in [1.54, 1.807) is 0 Å². The zero-order valence-corrected chi connectivity index (χ0v) is 12.6. The summed E-state index contributed by atoms with van der Waals surface area (Å²) in [5.41, 5.74) is 1.08. The Morgan fingerprint density at radius 3 is 2.50 bits per heavy atom. The first-order valence-corrected chi connectivity index (χ1v) is 6.10. The molecule has 0 unspecified atom stereocenters. The van der Waals surface area contributed by atoms with E-state index in [4.69, 9.17) is 0 Å². The third kappa shape index (κ3) is 4.59. The molecule has 0 amide bonds. The molecule has 0 spiro atoms. The van der Waals surface area contributed by atoms with Crippen LogP contribution < -0.4 is 10.2 Å². The highest BCUT2D eigenvalue weighted by atomic mass is 35.5. The fourth-order valence-corrected chi connectivity index (χ4v) is 2.00. The van der Waals surface area contributed by atoms with Gasteiger partial charge in [-0.05, 0) is 13.3 Å². The van der Waals surface area contributed by atoms with E-state index in [2.05, 4.69) is 33.2 Å². The average Bonchev–Trinajstić information content (AvgIpc) is 2.30. The Morgan fingerprint density at radius 1 is 1.22 bits per heavy atom. The second-order valence-corrected chi connectivity index (χ2v) is 4.27. The predicted molar refractivity (Wildman–Crippen MR) is 80.3 cm³/mol. The molecule has 2 rings (SSSR count). The maximum absolute atomic E-state index is 4.63. The molecule has 1 aromatic heterocycles. The summed E-state index contributed by atoms with van der Waals surface area (Å²) < 4.78 is 0. The molecule has 0 radical (unpaired) electrons. The van der Waals surface area contributed by atoms with Crippen molar-refractivity contribution in [1.82, 2.24) is 15.3 Å². The lowest BCUT2D eigenvalue weighted by Crippen LogP contribution is -2.44. The molecule has 18 heavy (non-hydrogen) atoms. The van der Waals surface area contributed by atoms with Crippen LogP contribution >= 0.6 is 24.8 Å². The van der Waals surface area contributed by atoms with Gasteiger partial charge in [0.1, 0.15) is 11.6 Å². The lowest BCUT2D eigenvalue weighted by molar-refractivity contribution is 0.583. The zero-order valence-electron chi connectivity index (χ0n) is 11.0. The number of anilines is 1. The minimum absolute atomic E-state index is 0. The number of aromatic nitrogens is 2. The van der Waals surface area contributed by atoms with Crippen LogP contribution in [0.15, 0.2) is 6.07 Å². The van der Waals surface area contributed by atoms with Crippen molar-refractivity contribution in [2.45, 2.75) is 26.7 Å². The maximum Gasteiger partial charge on any atom is 0.132 e. The third-order valence-electron chi connectivity index (χ3n) is 2.80. The fourth-order valence-electron chi connectivity index (χ4n) is 2.00. The molecule has 0 aromatic carbocycles. The van der Waals surface area contributed by atoms with Gasteiger partial charge in [-0.25, -0.2) is 9.97 Å². The van der Waals surface area contributed by atoms with Crippen LogP contribution in [0.5, 0.6) is 0 Å². The Balaban J connectivity index is 0.00000144. The van der Waals surface area contributed by atoms with Gasteiger partial charge in [-0.1, -0.05) is 6.92 Å². The molecule has 6 heteroatoms. The van der Waals surface area contributed by atoms with Gasteiger partial charge in [-0.15, -0.1) is 24.8 Å². The van der Waals surface area contributed by atoms with E-state index in [-0.39, 0.29) is 24.8 Å². The van der Waals surface area contributed by atoms with Gasteiger partial charge in [0.05, 0.1) is 0 Å². The third-order valence-corrected chi connectivity index (χ3v) is 2.80. The monoisotopic (exact) mass is 292 g/mol. The molecule has 4 nitrogen and oxygen atoms in total. The molecule has 0 bridgehead atoms. The number of hydrogen-bond acceptors (Lipinski definition) is 4. The second-order valence-electron chi connectivity index (χ2n) is 4.27. The van der Waals surface area contributed by atoms with Gasteiger partial charge < -0.3 is 10.2 Å². The number of hydrogen-bond donors (Lipinski definition) is 1. The lowest BCUT2D eigenvalue weighted by atomic mass is 10.3. The smallest absolute Gasteiger partial charge is 0.132 e. The first kappa shape index (κ1) is 17.4. The molecular formula is C12H22Cl2N4. The minimum atomic E-state index is 0. The van der Waals surface area contributed by atoms with Crippen LogP contribution in [0.4, 0.5) is 5.82 Å². The Labute approximate surface area is 121 Å². The van der Waals surface area contributed by atoms with Crippen LogP contribution in [0, 0.1) is 6.92 Å². The van der Waals surface area contributed by atoms with Crippen molar-refractivity contribution in [3.63, 3.8) is 0 Å². The van der Waals surface area contributed by atoms with Crippen LogP contribution in [-0.4, -0.2) is 36.1 Å². The van der Waals surface area contributed by atoms with Gasteiger partial charge >= 0.3 is 0 Å². The van der Waals surface area contributed by atoms with Crippen LogP contribution in [0.1, 0.15) is 24.9 Å². The molecule has 1 N–H and O–H groups in total. The van der Waals surface area contributed by atoms with Crippen LogP contribution in [0.25, 0.3) is 0 Å². The molecule has 1 saturated heterocycles. The van der Waals surface area contributed by atoms with Gasteiger partial charge in [0.2, 0.25) is 0 Å². The van der Waals surface area contributed by atoms with Crippen molar-refractivity contribution in [2.75, 3.05) is 31.1 Å². The maximum atomic E-state index is 4.63. The number of halogens is 2. The van der Waals surface area contributed by atoms with E-state index in [9.17, 15) is 0 Å². The average molecular weight is 293 g/mol. The summed E-state index contributed by atoms with van der Waals surface area (Å²) >= 11 is 0. The topological polar surface area (TPSA) is 41.1 Å². The van der Waals surface area contributed by atoms with Crippen LogP contribution in [0.2, 0.25) is 0 Å². The number of rotatable bonds is 3. The number of piperazine rings is 1. The van der Waals surface area contributed by atoms with Gasteiger partial charge in [0.25, 0.3) is 0 Å². The molecule has 0 aliphatic carbocycles. The molecule has 1 fully saturated rings. The van der Waals surface area contributed by atoms with Crippen LogP contribution in [-0.2, 0) is 6.42 Å². The number of aryl methyl sites for hydroxylation is 2. The largest absolute Gasteiger partial charge is 0.354 e. The molecule has 0 atom stereocenters. The van der Waals surface area contributed by atoms with Gasteiger partial charge in [-0.2, -0.15) is 0 Å². The summed E-state index contributed by atoms with van der Waals surface area (Å²) in [7, 11) is 0. The van der Waals surface area contributed by atoms with Gasteiger partial charge in [0, 0.05) is 44.4 Å². The summed E-state index contributed by atoms with van der Waals surface area (Å²) in [6.07, 6.45) is 2.07. The first-order valence-electron chi connectivity index (χ1n) is 6.10. The van der Waals surface area contributed by atoms with Crippen molar-refractivity contribution >= 4 is 30.6 Å². The Morgan fingerprint density at radius 2 is 1.89 bits per heavy atom. The van der Waals surface area contributed by atoms with Crippen LogP contribution in [0.3, 0.4) is 0 Å². The molecule has 104 valence electrons. The summed E-state index contributed by atoms with van der Waals surface area (Å²) in [4.78, 5) is 11.4. The molecule has 1 aliphatic rings. The summed E-state index contributed by atoms with van der Waals surface area (Å²) in [6.45, 7) is 8.39. The Kier molecular flexibility index (Phi) is 8.24. The number of nitrogens with one attached hydrogen (secondary N) is 1. The van der Waals surface area contributed by atoms with E-state index in [0.717, 1.165) is 56.4 Å². The van der Waals surface area contributed by atoms with Gasteiger partial charge in [0.15, 0.2) is 0 Å². The highest BCUT2D eigenvalue weighted by Crippen LogP contribution is 2.13. The Bertz CT molecular complexity index is 354. The second kappa shape index (κ2) is 8.51. The van der Waals surface area contributed by atoms with Gasteiger partial charge in [-0.3, -0.25) is 0 Å². The van der Waals surface area contributed by atoms with E-state index in [1.165, 1.54) is 0 Å². The number of nitrogens with zero attached hydrogens (tertiary/aromatic N) is 3. The molecule has 2 heterocycles. The quantitative estimate of drug-likeness (QED) is 0.925. The van der Waals surface area contributed by atoms with Crippen molar-refractivity contribution < 1.29 is 0 Å². The fraction of sp³-hybridized carbons (Fsp3) is 0.667. The van der Waals surface area contributed by atoms with E-state index >= 15 is 0 Å². The van der Waals surface area contributed by atoms with E-state index in [0.29, 0.717) is 0 Å². The predicted octanol–water partition coefficient (Wildman–Crippen LogP) is 1.99. The van der Waals surface area contributed by atoms with Crippen molar-refractivity contribution in [1.29, 1.82) is 0 Å². The van der Waals surface area contributed by atoms with E-state index < -0.39 is 0 Å². The first-order chi connectivity index (χ1) is 7.79. The SMILES string of the molecule is CCCc1nc(C)cc(N2CCNCC2)n1.Cl.Cl. The summed E-state index contributed by atoms with van der Waals surface area (Å²) in [5.74, 6) is 2.08. The van der Waals surface area contributed by atoms with E-state index in [1.807, 2.05) is 6.92 Å². The Hall–Kier alpha value is -0.580. The molecule has 1 aromatic rings. The molecular weight excluding hydrogens is 271 g/mol. The molecule has 1 aliphatic heterocycles. The van der Waals surface area contributed by atoms with Crippen molar-refractivity contribution in [3.8, 4) is 0 Å². The highest BCUT2D eigenvalue weighted by Gasteiger charge is 2.12. The normalized spacial score (nSPS) is 14.7. The standard InChI is InChI=1S/C12H20N4.2ClH/c1-3-4-11-14-10(2)9-12(15-11)16-7-5-13-6-8-16;;/h9,13H,3-8H2,1-2H3;2*1H. The zero-order chi connectivity index (χ0) is 11.4.